The van der Waals surface area contributed by atoms with Gasteiger partial charge in [0.2, 0.25) is 5.91 Å². The average molecular weight is 280 g/mol. The molecule has 0 saturated carbocycles. The number of amides is 1. The number of nitrogens with zero attached hydrogens (tertiary/aromatic N) is 3. The third kappa shape index (κ3) is 3.37. The van der Waals surface area contributed by atoms with Crippen LogP contribution in [0.2, 0.25) is 0 Å². The quantitative estimate of drug-likeness (QED) is 0.805. The maximum atomic E-state index is 11.2. The van der Waals surface area contributed by atoms with Crippen LogP contribution in [0.3, 0.4) is 0 Å². The summed E-state index contributed by atoms with van der Waals surface area (Å²) in [6, 6.07) is 0.0408. The Kier molecular flexibility index (Phi) is 4.77. The number of rotatable bonds is 5. The minimum Gasteiger partial charge on any atom is -0.396 e. The summed E-state index contributed by atoms with van der Waals surface area (Å²) in [5.41, 5.74) is 2.27. The zero-order valence-corrected chi connectivity index (χ0v) is 12.5. The van der Waals surface area contributed by atoms with Crippen LogP contribution in [0.15, 0.2) is 6.20 Å². The molecular formula is C14H24N4O2. The molecule has 0 spiro atoms. The Bertz CT molecular complexity index is 472. The standard InChI is InChI=1S/C14H24N4O2/c1-4-18-7-12(10(2)16-18)5-17-6-13(9-19)14(8-17)15-11(3)20/h7,13-14,19H,4-6,8-9H2,1-3H3,(H,15,20)/t13-,14+/m0/s1. The molecule has 1 aromatic heterocycles. The zero-order chi connectivity index (χ0) is 14.7. The Morgan fingerprint density at radius 3 is 2.85 bits per heavy atom. The summed E-state index contributed by atoms with van der Waals surface area (Å²) < 4.78 is 1.94. The molecule has 2 atom stereocenters. The normalized spacial score (nSPS) is 23.2. The smallest absolute Gasteiger partial charge is 0.217 e. The summed E-state index contributed by atoms with van der Waals surface area (Å²) in [5.74, 6) is 0.0747. The van der Waals surface area contributed by atoms with Gasteiger partial charge in [-0.3, -0.25) is 14.4 Å². The van der Waals surface area contributed by atoms with E-state index in [0.29, 0.717) is 0 Å². The van der Waals surface area contributed by atoms with Crippen molar-refractivity contribution in [3.63, 3.8) is 0 Å². The van der Waals surface area contributed by atoms with E-state index in [-0.39, 0.29) is 24.5 Å². The van der Waals surface area contributed by atoms with E-state index in [9.17, 15) is 9.90 Å². The van der Waals surface area contributed by atoms with Gasteiger partial charge in [0.05, 0.1) is 5.69 Å². The van der Waals surface area contributed by atoms with Crippen molar-refractivity contribution in [3.8, 4) is 0 Å². The van der Waals surface area contributed by atoms with Crippen molar-refractivity contribution in [1.29, 1.82) is 0 Å². The summed E-state index contributed by atoms with van der Waals surface area (Å²) in [5, 5.41) is 16.8. The van der Waals surface area contributed by atoms with Crippen molar-refractivity contribution >= 4 is 5.91 Å². The molecule has 0 aromatic carbocycles. The van der Waals surface area contributed by atoms with Crippen LogP contribution in [-0.2, 0) is 17.9 Å². The summed E-state index contributed by atoms with van der Waals surface area (Å²) in [4.78, 5) is 13.5. The van der Waals surface area contributed by atoms with E-state index in [1.165, 1.54) is 12.5 Å². The van der Waals surface area contributed by atoms with Crippen LogP contribution in [0.25, 0.3) is 0 Å². The molecule has 0 bridgehead atoms. The van der Waals surface area contributed by atoms with Gasteiger partial charge in [0.15, 0.2) is 0 Å². The largest absolute Gasteiger partial charge is 0.396 e. The van der Waals surface area contributed by atoms with Crippen LogP contribution in [0, 0.1) is 12.8 Å². The van der Waals surface area contributed by atoms with Crippen LogP contribution in [0.5, 0.6) is 0 Å². The van der Waals surface area contributed by atoms with E-state index in [2.05, 4.69) is 28.4 Å². The Morgan fingerprint density at radius 2 is 2.30 bits per heavy atom. The summed E-state index contributed by atoms with van der Waals surface area (Å²) in [6.07, 6.45) is 2.08. The number of carbonyl (C=O) groups excluding carboxylic acids is 1. The molecule has 0 unspecified atom stereocenters. The van der Waals surface area contributed by atoms with Gasteiger partial charge < -0.3 is 10.4 Å². The lowest BCUT2D eigenvalue weighted by molar-refractivity contribution is -0.119. The van der Waals surface area contributed by atoms with Crippen LogP contribution < -0.4 is 5.32 Å². The van der Waals surface area contributed by atoms with Gasteiger partial charge in [-0.2, -0.15) is 5.10 Å². The summed E-state index contributed by atoms with van der Waals surface area (Å²) >= 11 is 0. The first-order valence-corrected chi connectivity index (χ1v) is 7.16. The molecule has 6 nitrogen and oxygen atoms in total. The van der Waals surface area contributed by atoms with Gasteiger partial charge in [-0.05, 0) is 13.8 Å². The minimum atomic E-state index is -0.0368. The minimum absolute atomic E-state index is 0.0368. The topological polar surface area (TPSA) is 70.4 Å². The molecule has 0 radical (unpaired) electrons. The maximum Gasteiger partial charge on any atom is 0.217 e. The second-order valence-electron chi connectivity index (χ2n) is 5.54. The average Bonchev–Trinajstić information content (AvgIpc) is 2.93. The molecule has 1 saturated heterocycles. The van der Waals surface area contributed by atoms with Crippen molar-refractivity contribution in [1.82, 2.24) is 20.0 Å². The van der Waals surface area contributed by atoms with E-state index >= 15 is 0 Å². The van der Waals surface area contributed by atoms with Gasteiger partial charge in [-0.1, -0.05) is 0 Å². The first-order chi connectivity index (χ1) is 9.53. The number of aryl methyl sites for hydroxylation is 2. The van der Waals surface area contributed by atoms with Gasteiger partial charge in [0, 0.05) is 63.4 Å². The number of likely N-dealkylation sites (tertiary alicyclic amines) is 1. The van der Waals surface area contributed by atoms with Crippen LogP contribution in [0.4, 0.5) is 0 Å². The first kappa shape index (κ1) is 15.0. The molecule has 20 heavy (non-hydrogen) atoms. The molecule has 2 N–H and O–H groups in total. The van der Waals surface area contributed by atoms with Crippen LogP contribution >= 0.6 is 0 Å². The molecule has 1 fully saturated rings. The lowest BCUT2D eigenvalue weighted by Crippen LogP contribution is -2.40. The predicted molar refractivity (Wildman–Crippen MR) is 76.1 cm³/mol. The molecule has 1 aliphatic heterocycles. The second kappa shape index (κ2) is 6.37. The van der Waals surface area contributed by atoms with Gasteiger partial charge in [-0.15, -0.1) is 0 Å². The SMILES string of the molecule is CCn1cc(CN2C[C@@H](CO)[C@H](NC(C)=O)C2)c(C)n1. The number of hydrogen-bond acceptors (Lipinski definition) is 4. The third-order valence-corrected chi connectivity index (χ3v) is 3.91. The second-order valence-corrected chi connectivity index (χ2v) is 5.54. The van der Waals surface area contributed by atoms with E-state index < -0.39 is 0 Å². The fourth-order valence-corrected chi connectivity index (χ4v) is 2.82. The van der Waals surface area contributed by atoms with Gasteiger partial charge in [0.25, 0.3) is 0 Å². The fourth-order valence-electron chi connectivity index (χ4n) is 2.82. The molecule has 1 amide bonds. The number of carbonyl (C=O) groups is 1. The molecule has 2 heterocycles. The maximum absolute atomic E-state index is 11.2. The first-order valence-electron chi connectivity index (χ1n) is 7.16. The lowest BCUT2D eigenvalue weighted by Gasteiger charge is -2.16. The van der Waals surface area contributed by atoms with Gasteiger partial charge >= 0.3 is 0 Å². The zero-order valence-electron chi connectivity index (χ0n) is 12.5. The summed E-state index contributed by atoms with van der Waals surface area (Å²) in [6.45, 7) is 8.99. The molecule has 6 heteroatoms. The Balaban J connectivity index is 2.00. The highest BCUT2D eigenvalue weighted by Gasteiger charge is 2.33. The molecular weight excluding hydrogens is 256 g/mol. The van der Waals surface area contributed by atoms with Crippen molar-refractivity contribution in [2.24, 2.45) is 5.92 Å². The van der Waals surface area contributed by atoms with Gasteiger partial charge in [-0.25, -0.2) is 0 Å². The number of hydrogen-bond donors (Lipinski definition) is 2. The predicted octanol–water partition coefficient (Wildman–Crippen LogP) is 0.140. The van der Waals surface area contributed by atoms with Crippen LogP contribution in [0.1, 0.15) is 25.1 Å². The van der Waals surface area contributed by atoms with Crippen LogP contribution in [-0.4, -0.2) is 51.4 Å². The molecule has 1 aliphatic rings. The van der Waals surface area contributed by atoms with Crippen molar-refractivity contribution in [2.75, 3.05) is 19.7 Å². The summed E-state index contributed by atoms with van der Waals surface area (Å²) in [7, 11) is 0. The van der Waals surface area contributed by atoms with E-state index in [1.54, 1.807) is 0 Å². The number of nitrogens with one attached hydrogen (secondary N) is 1. The van der Waals surface area contributed by atoms with E-state index in [1.807, 2.05) is 11.6 Å². The number of aromatic nitrogens is 2. The molecule has 0 aliphatic carbocycles. The Hall–Kier alpha value is -1.40. The van der Waals surface area contributed by atoms with Crippen molar-refractivity contribution in [2.45, 2.75) is 39.9 Å². The number of aliphatic hydroxyl groups excluding tert-OH is 1. The third-order valence-electron chi connectivity index (χ3n) is 3.91. The Morgan fingerprint density at radius 1 is 1.55 bits per heavy atom. The molecule has 1 aromatic rings. The molecule has 112 valence electrons. The van der Waals surface area contributed by atoms with Crippen molar-refractivity contribution < 1.29 is 9.90 Å². The number of aliphatic hydroxyl groups is 1. The fraction of sp³-hybridized carbons (Fsp3) is 0.714. The highest BCUT2D eigenvalue weighted by molar-refractivity contribution is 5.73. The van der Waals surface area contributed by atoms with Crippen molar-refractivity contribution in [3.05, 3.63) is 17.5 Å². The highest BCUT2D eigenvalue weighted by atomic mass is 16.3. The van der Waals surface area contributed by atoms with Gasteiger partial charge in [0.1, 0.15) is 0 Å². The van der Waals surface area contributed by atoms with E-state index in [4.69, 9.17) is 0 Å². The highest BCUT2D eigenvalue weighted by Crippen LogP contribution is 2.20. The van der Waals surface area contributed by atoms with E-state index in [0.717, 1.165) is 31.9 Å². The molecule has 2 rings (SSSR count). The monoisotopic (exact) mass is 280 g/mol. The lowest BCUT2D eigenvalue weighted by atomic mass is 10.1. The Labute approximate surface area is 119 Å².